The van der Waals surface area contributed by atoms with Crippen molar-refractivity contribution in [3.63, 3.8) is 0 Å². The van der Waals surface area contributed by atoms with Gasteiger partial charge in [0.15, 0.2) is 17.5 Å². The van der Waals surface area contributed by atoms with E-state index in [0.29, 0.717) is 17.5 Å². The van der Waals surface area contributed by atoms with Crippen molar-refractivity contribution < 1.29 is 0 Å². The molecule has 2 heterocycles. The van der Waals surface area contributed by atoms with Crippen LogP contribution in [0.15, 0.2) is 200 Å². The Morgan fingerprint density at radius 2 is 0.807 bits per heavy atom. The van der Waals surface area contributed by atoms with Crippen LogP contribution in [-0.2, 0) is 0 Å². The zero-order valence-corrected chi connectivity index (χ0v) is 31.6. The number of nitrogens with zero attached hydrogens (tertiary/aromatic N) is 3. The highest BCUT2D eigenvalue weighted by atomic mass is 32.1. The van der Waals surface area contributed by atoms with Crippen LogP contribution in [0.4, 0.5) is 0 Å². The third kappa shape index (κ3) is 5.78. The number of hydrogen-bond acceptors (Lipinski definition) is 4. The molecule has 0 saturated carbocycles. The maximum absolute atomic E-state index is 5.30. The Hall–Kier alpha value is -7.27. The van der Waals surface area contributed by atoms with Gasteiger partial charge in [-0.2, -0.15) is 0 Å². The summed E-state index contributed by atoms with van der Waals surface area (Å²) in [6.45, 7) is 0. The van der Waals surface area contributed by atoms with E-state index in [-0.39, 0.29) is 0 Å². The number of benzene rings is 9. The fourth-order valence-electron chi connectivity index (χ4n) is 8.24. The highest BCUT2D eigenvalue weighted by molar-refractivity contribution is 7.26. The fraction of sp³-hybridized carbons (Fsp3) is 0. The minimum Gasteiger partial charge on any atom is -0.208 e. The number of aromatic nitrogens is 3. The van der Waals surface area contributed by atoms with Gasteiger partial charge in [0, 0.05) is 36.9 Å². The van der Waals surface area contributed by atoms with E-state index in [1.54, 1.807) is 11.3 Å². The van der Waals surface area contributed by atoms with Crippen molar-refractivity contribution in [3.05, 3.63) is 200 Å². The Kier molecular flexibility index (Phi) is 8.01. The van der Waals surface area contributed by atoms with E-state index in [9.17, 15) is 0 Å². The Labute approximate surface area is 334 Å². The van der Waals surface area contributed by atoms with Crippen LogP contribution in [0, 0.1) is 0 Å². The maximum atomic E-state index is 5.30. The second kappa shape index (κ2) is 13.8. The lowest BCUT2D eigenvalue weighted by atomic mass is 9.86. The van der Waals surface area contributed by atoms with E-state index in [2.05, 4.69) is 182 Å². The van der Waals surface area contributed by atoms with Gasteiger partial charge >= 0.3 is 0 Å². The number of hydrogen-bond donors (Lipinski definition) is 0. The molecule has 9 aromatic carbocycles. The molecule has 11 rings (SSSR count). The van der Waals surface area contributed by atoms with Crippen molar-refractivity contribution in [3.8, 4) is 67.5 Å². The fourth-order valence-corrected chi connectivity index (χ4v) is 9.46. The van der Waals surface area contributed by atoms with Gasteiger partial charge in [-0.3, -0.25) is 0 Å². The van der Waals surface area contributed by atoms with Gasteiger partial charge in [0.1, 0.15) is 0 Å². The zero-order valence-electron chi connectivity index (χ0n) is 30.8. The molecule has 3 nitrogen and oxygen atoms in total. The number of thiophene rings is 1. The van der Waals surface area contributed by atoms with Crippen LogP contribution in [0.25, 0.3) is 109 Å². The Balaban J connectivity index is 1.12. The topological polar surface area (TPSA) is 38.7 Å². The van der Waals surface area contributed by atoms with E-state index in [1.807, 2.05) is 18.2 Å². The van der Waals surface area contributed by atoms with Gasteiger partial charge in [-0.1, -0.05) is 182 Å². The Bertz CT molecular complexity index is 3280. The molecule has 0 amide bonds. The third-order valence-corrected chi connectivity index (χ3v) is 12.2. The van der Waals surface area contributed by atoms with E-state index in [0.717, 1.165) is 27.5 Å². The predicted molar refractivity (Wildman–Crippen MR) is 240 cm³/mol. The van der Waals surface area contributed by atoms with Gasteiger partial charge in [-0.05, 0) is 73.1 Å². The second-order valence-corrected chi connectivity index (χ2v) is 15.4. The van der Waals surface area contributed by atoms with Crippen molar-refractivity contribution in [1.29, 1.82) is 0 Å². The standard InChI is InChI=1S/C53H33N3S/c1-3-14-34(15-4-1)35-26-28-37(29-27-35)40-31-30-36-16-7-8-19-39(36)49(40)44-32-33-46(42-21-10-9-20-41(42)44)52-54-51(38-17-5-2-6-18-38)55-53(56-52)47-24-13-23-45-43-22-11-12-25-48(43)57-50(45)47/h1-33H. The maximum Gasteiger partial charge on any atom is 0.165 e. The largest absolute Gasteiger partial charge is 0.208 e. The second-order valence-electron chi connectivity index (χ2n) is 14.3. The normalized spacial score (nSPS) is 11.5. The van der Waals surface area contributed by atoms with E-state index in [1.165, 1.54) is 64.3 Å². The first-order chi connectivity index (χ1) is 28.3. The van der Waals surface area contributed by atoms with Gasteiger partial charge in [-0.15, -0.1) is 11.3 Å². The lowest BCUT2D eigenvalue weighted by Crippen LogP contribution is -2.01. The van der Waals surface area contributed by atoms with Gasteiger partial charge in [0.05, 0.1) is 0 Å². The van der Waals surface area contributed by atoms with Crippen molar-refractivity contribution in [1.82, 2.24) is 15.0 Å². The Morgan fingerprint density at radius 1 is 0.281 bits per heavy atom. The van der Waals surface area contributed by atoms with Crippen molar-refractivity contribution in [2.45, 2.75) is 0 Å². The van der Waals surface area contributed by atoms with Gasteiger partial charge in [0.2, 0.25) is 0 Å². The lowest BCUT2D eigenvalue weighted by molar-refractivity contribution is 1.08. The van der Waals surface area contributed by atoms with Gasteiger partial charge in [-0.25, -0.2) is 15.0 Å². The summed E-state index contributed by atoms with van der Waals surface area (Å²) in [6.07, 6.45) is 0. The minimum atomic E-state index is 0.648. The van der Waals surface area contributed by atoms with Crippen molar-refractivity contribution in [2.75, 3.05) is 0 Å². The molecular formula is C53H33N3S. The molecule has 0 saturated heterocycles. The average Bonchev–Trinajstić information content (AvgIpc) is 3.68. The molecule has 0 N–H and O–H groups in total. The summed E-state index contributed by atoms with van der Waals surface area (Å²) in [5.74, 6) is 1.96. The number of rotatable bonds is 6. The highest BCUT2D eigenvalue weighted by Crippen LogP contribution is 2.44. The molecule has 2 aromatic heterocycles. The molecule has 0 spiro atoms. The van der Waals surface area contributed by atoms with Crippen LogP contribution in [0.3, 0.4) is 0 Å². The van der Waals surface area contributed by atoms with Crippen molar-refractivity contribution in [2.24, 2.45) is 0 Å². The molecule has 0 aliphatic heterocycles. The first kappa shape index (κ1) is 33.1. The third-order valence-electron chi connectivity index (χ3n) is 11.0. The molecule has 0 radical (unpaired) electrons. The quantitative estimate of drug-likeness (QED) is 0.170. The van der Waals surface area contributed by atoms with Crippen LogP contribution in [0.2, 0.25) is 0 Å². The summed E-state index contributed by atoms with van der Waals surface area (Å²) >= 11 is 1.79. The highest BCUT2D eigenvalue weighted by Gasteiger charge is 2.20. The smallest absolute Gasteiger partial charge is 0.165 e. The molecule has 57 heavy (non-hydrogen) atoms. The monoisotopic (exact) mass is 743 g/mol. The molecule has 0 unspecified atom stereocenters. The Morgan fingerprint density at radius 3 is 1.58 bits per heavy atom. The van der Waals surface area contributed by atoms with Crippen LogP contribution >= 0.6 is 11.3 Å². The van der Waals surface area contributed by atoms with Crippen LogP contribution < -0.4 is 0 Å². The summed E-state index contributed by atoms with van der Waals surface area (Å²) in [7, 11) is 0. The average molecular weight is 744 g/mol. The molecular weight excluding hydrogens is 711 g/mol. The van der Waals surface area contributed by atoms with Gasteiger partial charge in [0.25, 0.3) is 0 Å². The SMILES string of the molecule is c1ccc(-c2ccc(-c3ccc4ccccc4c3-c3ccc(-c4nc(-c5ccccc5)nc(-c5cccc6c5sc5ccccc56)n4)c4ccccc34)cc2)cc1. The molecule has 0 aliphatic carbocycles. The van der Waals surface area contributed by atoms with Gasteiger partial charge < -0.3 is 0 Å². The molecule has 266 valence electrons. The summed E-state index contributed by atoms with van der Waals surface area (Å²) < 4.78 is 2.43. The summed E-state index contributed by atoms with van der Waals surface area (Å²) in [4.78, 5) is 15.7. The molecule has 0 atom stereocenters. The van der Waals surface area contributed by atoms with E-state index in [4.69, 9.17) is 15.0 Å². The summed E-state index contributed by atoms with van der Waals surface area (Å²) in [5, 5.41) is 7.11. The summed E-state index contributed by atoms with van der Waals surface area (Å²) in [5.41, 5.74) is 10.1. The van der Waals surface area contributed by atoms with Crippen LogP contribution in [0.5, 0.6) is 0 Å². The molecule has 4 heteroatoms. The number of fused-ring (bicyclic) bond motifs is 5. The minimum absolute atomic E-state index is 0.648. The van der Waals surface area contributed by atoms with Crippen molar-refractivity contribution >= 4 is 53.1 Å². The zero-order chi connectivity index (χ0) is 37.7. The summed E-state index contributed by atoms with van der Waals surface area (Å²) in [6, 6.07) is 71.1. The molecule has 0 aliphatic rings. The molecule has 11 aromatic rings. The molecule has 0 fully saturated rings. The molecule has 0 bridgehead atoms. The van der Waals surface area contributed by atoms with E-state index >= 15 is 0 Å². The predicted octanol–water partition coefficient (Wildman–Crippen LogP) is 14.5. The van der Waals surface area contributed by atoms with Crippen LogP contribution in [-0.4, -0.2) is 15.0 Å². The first-order valence-electron chi connectivity index (χ1n) is 19.2. The van der Waals surface area contributed by atoms with Crippen LogP contribution in [0.1, 0.15) is 0 Å². The lowest BCUT2D eigenvalue weighted by Gasteiger charge is -2.18. The first-order valence-corrected chi connectivity index (χ1v) is 20.0. The van der Waals surface area contributed by atoms with E-state index < -0.39 is 0 Å².